The first kappa shape index (κ1) is 16.7. The third kappa shape index (κ3) is 2.97. The summed E-state index contributed by atoms with van der Waals surface area (Å²) in [5, 5.41) is 4.67. The first-order chi connectivity index (χ1) is 12.5. The van der Waals surface area contributed by atoms with E-state index >= 15 is 0 Å². The SMILES string of the molecule is O=C(c1cc(F)ccc1F)N1CCc2noc(-c3ccc(Cl)cc3)c2C1. The van der Waals surface area contributed by atoms with E-state index in [9.17, 15) is 13.6 Å². The van der Waals surface area contributed by atoms with Crippen LogP contribution in [0.15, 0.2) is 47.0 Å². The first-order valence-corrected chi connectivity index (χ1v) is 8.38. The lowest BCUT2D eigenvalue weighted by molar-refractivity contribution is 0.0729. The van der Waals surface area contributed by atoms with Crippen LogP contribution in [0.2, 0.25) is 5.02 Å². The molecule has 1 aromatic heterocycles. The summed E-state index contributed by atoms with van der Waals surface area (Å²) in [5.74, 6) is -1.41. The van der Waals surface area contributed by atoms with Gasteiger partial charge in [0.25, 0.3) is 5.91 Å². The molecule has 4 nitrogen and oxygen atoms in total. The minimum Gasteiger partial charge on any atom is -0.356 e. The van der Waals surface area contributed by atoms with Gasteiger partial charge in [0.05, 0.1) is 17.8 Å². The second kappa shape index (κ2) is 6.53. The molecule has 1 aliphatic heterocycles. The number of nitrogens with zero attached hydrogens (tertiary/aromatic N) is 2. The minimum absolute atomic E-state index is 0.214. The average molecular weight is 375 g/mol. The van der Waals surface area contributed by atoms with Gasteiger partial charge in [-0.2, -0.15) is 0 Å². The third-order valence-corrected chi connectivity index (χ3v) is 4.64. The molecule has 7 heteroatoms. The Morgan fingerprint density at radius 3 is 2.69 bits per heavy atom. The van der Waals surface area contributed by atoms with Gasteiger partial charge >= 0.3 is 0 Å². The summed E-state index contributed by atoms with van der Waals surface area (Å²) < 4.78 is 32.8. The number of halogens is 3. The number of amides is 1. The van der Waals surface area contributed by atoms with Gasteiger partial charge < -0.3 is 9.42 Å². The van der Waals surface area contributed by atoms with Gasteiger partial charge in [-0.3, -0.25) is 4.79 Å². The van der Waals surface area contributed by atoms with Crippen LogP contribution in [0.5, 0.6) is 0 Å². The second-order valence-corrected chi connectivity index (χ2v) is 6.48. The van der Waals surface area contributed by atoms with Crippen molar-refractivity contribution >= 4 is 17.5 Å². The number of carbonyl (C=O) groups is 1. The molecule has 0 N–H and O–H groups in total. The summed E-state index contributed by atoms with van der Waals surface area (Å²) in [7, 11) is 0. The molecule has 0 spiro atoms. The Morgan fingerprint density at radius 2 is 1.92 bits per heavy atom. The van der Waals surface area contributed by atoms with Gasteiger partial charge in [0.15, 0.2) is 5.76 Å². The Bertz CT molecular complexity index is 986. The van der Waals surface area contributed by atoms with Crippen molar-refractivity contribution in [3.8, 4) is 11.3 Å². The van der Waals surface area contributed by atoms with E-state index < -0.39 is 17.5 Å². The third-order valence-electron chi connectivity index (χ3n) is 4.39. The van der Waals surface area contributed by atoms with Crippen molar-refractivity contribution in [2.45, 2.75) is 13.0 Å². The van der Waals surface area contributed by atoms with E-state index in [-0.39, 0.29) is 12.1 Å². The molecule has 0 unspecified atom stereocenters. The molecule has 0 fully saturated rings. The molecule has 0 aliphatic carbocycles. The quantitative estimate of drug-likeness (QED) is 0.664. The number of fused-ring (bicyclic) bond motifs is 1. The van der Waals surface area contributed by atoms with Crippen LogP contribution in [-0.4, -0.2) is 22.5 Å². The van der Waals surface area contributed by atoms with Crippen LogP contribution < -0.4 is 0 Å². The zero-order valence-electron chi connectivity index (χ0n) is 13.5. The number of carbonyl (C=O) groups excluding carboxylic acids is 1. The van der Waals surface area contributed by atoms with Crippen molar-refractivity contribution in [1.82, 2.24) is 10.1 Å². The highest BCUT2D eigenvalue weighted by Gasteiger charge is 2.29. The van der Waals surface area contributed by atoms with Gasteiger partial charge in [0.2, 0.25) is 0 Å². The highest BCUT2D eigenvalue weighted by molar-refractivity contribution is 6.30. The highest BCUT2D eigenvalue weighted by atomic mass is 35.5. The fourth-order valence-corrected chi connectivity index (χ4v) is 3.17. The van der Waals surface area contributed by atoms with E-state index in [1.165, 1.54) is 4.90 Å². The molecular formula is C19H13ClF2N2O2. The molecular weight excluding hydrogens is 362 g/mol. The lowest BCUT2D eigenvalue weighted by Gasteiger charge is -2.26. The van der Waals surface area contributed by atoms with Crippen LogP contribution in [0.1, 0.15) is 21.6 Å². The van der Waals surface area contributed by atoms with Crippen molar-refractivity contribution < 1.29 is 18.1 Å². The number of aromatic nitrogens is 1. The Morgan fingerprint density at radius 1 is 1.15 bits per heavy atom. The van der Waals surface area contributed by atoms with Gasteiger partial charge in [-0.25, -0.2) is 8.78 Å². The number of rotatable bonds is 2. The smallest absolute Gasteiger partial charge is 0.257 e. The van der Waals surface area contributed by atoms with Gasteiger partial charge in [0.1, 0.15) is 11.6 Å². The normalized spacial score (nSPS) is 13.6. The van der Waals surface area contributed by atoms with Crippen molar-refractivity contribution in [3.05, 3.63) is 75.9 Å². The van der Waals surface area contributed by atoms with Crippen molar-refractivity contribution in [1.29, 1.82) is 0 Å². The van der Waals surface area contributed by atoms with Crippen molar-refractivity contribution in [3.63, 3.8) is 0 Å². The maximum Gasteiger partial charge on any atom is 0.257 e. The molecule has 1 amide bonds. The van der Waals surface area contributed by atoms with E-state index in [4.69, 9.17) is 16.1 Å². The summed E-state index contributed by atoms with van der Waals surface area (Å²) in [6.07, 6.45) is 0.481. The molecule has 2 heterocycles. The molecule has 0 bridgehead atoms. The van der Waals surface area contributed by atoms with E-state index in [1.807, 2.05) is 0 Å². The topological polar surface area (TPSA) is 46.3 Å². The molecule has 2 aromatic carbocycles. The highest BCUT2D eigenvalue weighted by Crippen LogP contribution is 2.31. The van der Waals surface area contributed by atoms with Crippen LogP contribution in [0.4, 0.5) is 8.78 Å². The maximum absolute atomic E-state index is 13.9. The van der Waals surface area contributed by atoms with Gasteiger partial charge in [-0.15, -0.1) is 0 Å². The molecule has 1 aliphatic rings. The molecule has 4 rings (SSSR count). The molecule has 0 saturated heterocycles. The summed E-state index contributed by atoms with van der Waals surface area (Å²) in [5.41, 5.74) is 2.04. The predicted octanol–water partition coefficient (Wildman–Crippen LogP) is 4.47. The maximum atomic E-state index is 13.9. The number of hydrogen-bond donors (Lipinski definition) is 0. The average Bonchev–Trinajstić information content (AvgIpc) is 3.07. The van der Waals surface area contributed by atoms with E-state index in [0.717, 1.165) is 35.0 Å². The molecule has 26 heavy (non-hydrogen) atoms. The predicted molar refractivity (Wildman–Crippen MR) is 91.8 cm³/mol. The van der Waals surface area contributed by atoms with E-state index in [1.54, 1.807) is 24.3 Å². The first-order valence-electron chi connectivity index (χ1n) is 8.00. The van der Waals surface area contributed by atoms with Crippen LogP contribution >= 0.6 is 11.6 Å². The fourth-order valence-electron chi connectivity index (χ4n) is 3.05. The number of benzene rings is 2. The van der Waals surface area contributed by atoms with Crippen LogP contribution in [0, 0.1) is 11.6 Å². The Hall–Kier alpha value is -2.73. The summed E-state index contributed by atoms with van der Waals surface area (Å²) in [4.78, 5) is 14.1. The molecule has 0 radical (unpaired) electrons. The van der Waals surface area contributed by atoms with Gasteiger partial charge in [-0.05, 0) is 42.5 Å². The molecule has 0 atom stereocenters. The van der Waals surface area contributed by atoms with Crippen molar-refractivity contribution in [2.75, 3.05) is 6.54 Å². The van der Waals surface area contributed by atoms with Gasteiger partial charge in [0, 0.05) is 29.1 Å². The second-order valence-electron chi connectivity index (χ2n) is 6.04. The summed E-state index contributed by atoms with van der Waals surface area (Å²) in [6, 6.07) is 9.93. The zero-order chi connectivity index (χ0) is 18.3. The monoisotopic (exact) mass is 374 g/mol. The summed E-state index contributed by atoms with van der Waals surface area (Å²) in [6.45, 7) is 0.569. The lowest BCUT2D eigenvalue weighted by atomic mass is 10.0. The molecule has 132 valence electrons. The van der Waals surface area contributed by atoms with Crippen LogP contribution in [-0.2, 0) is 13.0 Å². The molecule has 3 aromatic rings. The Balaban J connectivity index is 1.65. The van der Waals surface area contributed by atoms with Crippen LogP contribution in [0.3, 0.4) is 0 Å². The molecule has 0 saturated carbocycles. The lowest BCUT2D eigenvalue weighted by Crippen LogP contribution is -2.36. The standard InChI is InChI=1S/C19H13ClF2N2O2/c20-12-3-1-11(2-4-12)18-15-10-24(8-7-17(15)23-26-18)19(25)14-9-13(21)5-6-16(14)22/h1-6,9H,7-8,10H2. The van der Waals surface area contributed by atoms with Crippen molar-refractivity contribution in [2.24, 2.45) is 0 Å². The Kier molecular flexibility index (Phi) is 4.20. The Labute approximate surface area is 153 Å². The minimum atomic E-state index is -0.745. The zero-order valence-corrected chi connectivity index (χ0v) is 14.3. The van der Waals surface area contributed by atoms with Gasteiger partial charge in [-0.1, -0.05) is 16.8 Å². The van der Waals surface area contributed by atoms with Crippen LogP contribution in [0.25, 0.3) is 11.3 Å². The van der Waals surface area contributed by atoms with E-state index in [0.29, 0.717) is 23.7 Å². The summed E-state index contributed by atoms with van der Waals surface area (Å²) >= 11 is 5.91. The number of hydrogen-bond acceptors (Lipinski definition) is 3. The fraction of sp³-hybridized carbons (Fsp3) is 0.158. The van der Waals surface area contributed by atoms with E-state index in [2.05, 4.69) is 5.16 Å². The largest absolute Gasteiger partial charge is 0.356 e.